The molecule has 0 aliphatic carbocycles. The quantitative estimate of drug-likeness (QED) is 0.313. The molecule has 3 N–H and O–H groups in total. The lowest BCUT2D eigenvalue weighted by atomic mass is 10.1. The number of aromatic nitrogens is 4. The second-order valence-corrected chi connectivity index (χ2v) is 8.66. The van der Waals surface area contributed by atoms with Gasteiger partial charge in [-0.3, -0.25) is 4.40 Å². The maximum atomic E-state index is 13.5. The normalized spacial score (nSPS) is 11.0. The molecule has 9 heteroatoms. The van der Waals surface area contributed by atoms with Gasteiger partial charge in [-0.25, -0.2) is 19.3 Å². The van der Waals surface area contributed by atoms with Crippen LogP contribution in [0.3, 0.4) is 0 Å². The predicted molar refractivity (Wildman–Crippen MR) is 136 cm³/mol. The summed E-state index contributed by atoms with van der Waals surface area (Å²) < 4.78 is 15.5. The van der Waals surface area contributed by atoms with Crippen LogP contribution in [0, 0.1) is 5.82 Å². The molecule has 0 saturated carbocycles. The summed E-state index contributed by atoms with van der Waals surface area (Å²) in [5.74, 6) is 0.250. The van der Waals surface area contributed by atoms with E-state index < -0.39 is 0 Å². The number of nitrogens with one attached hydrogen (secondary N) is 1. The van der Waals surface area contributed by atoms with Crippen LogP contribution in [-0.2, 0) is 0 Å². The standard InChI is InChI=1S/C25H22FN7S/c1-16(29-20-6-4-3-5-19(20)27)15-32(2)24-28-12-11-21(30-24)23-22(17-7-9-18(26)10-8-17)31-25-33(23)13-14-34-25/h3-14,29H,1,15,27H2,2H3. The third-order valence-electron chi connectivity index (χ3n) is 5.31. The van der Waals surface area contributed by atoms with Gasteiger partial charge < -0.3 is 16.0 Å². The number of imidazole rings is 1. The van der Waals surface area contributed by atoms with Crippen LogP contribution < -0.4 is 16.0 Å². The van der Waals surface area contributed by atoms with Gasteiger partial charge in [0.05, 0.1) is 29.3 Å². The number of likely N-dealkylation sites (N-methyl/N-ethyl adjacent to an activating group) is 1. The molecule has 0 bridgehead atoms. The zero-order valence-electron chi connectivity index (χ0n) is 18.4. The number of hydrogen-bond acceptors (Lipinski definition) is 7. The molecule has 0 saturated heterocycles. The van der Waals surface area contributed by atoms with Crippen molar-refractivity contribution in [2.45, 2.75) is 0 Å². The van der Waals surface area contributed by atoms with Crippen molar-refractivity contribution in [2.75, 3.05) is 29.5 Å². The molecule has 3 heterocycles. The Labute approximate surface area is 200 Å². The second kappa shape index (κ2) is 8.95. The van der Waals surface area contributed by atoms with Gasteiger partial charge in [-0.05, 0) is 42.5 Å². The number of para-hydroxylation sites is 2. The van der Waals surface area contributed by atoms with E-state index >= 15 is 0 Å². The molecule has 0 unspecified atom stereocenters. The minimum Gasteiger partial charge on any atom is -0.397 e. The van der Waals surface area contributed by atoms with Gasteiger partial charge in [-0.15, -0.1) is 11.3 Å². The number of nitrogens with zero attached hydrogens (tertiary/aromatic N) is 5. The minimum atomic E-state index is -0.289. The highest BCUT2D eigenvalue weighted by Gasteiger charge is 2.19. The molecule has 7 nitrogen and oxygen atoms in total. The van der Waals surface area contributed by atoms with Crippen molar-refractivity contribution in [3.8, 4) is 22.6 Å². The van der Waals surface area contributed by atoms with E-state index in [2.05, 4.69) is 16.9 Å². The summed E-state index contributed by atoms with van der Waals surface area (Å²) in [4.78, 5) is 16.8. The number of halogens is 1. The zero-order valence-corrected chi connectivity index (χ0v) is 19.3. The van der Waals surface area contributed by atoms with Crippen molar-refractivity contribution >= 4 is 33.6 Å². The number of nitrogens with two attached hydrogens (primary N) is 1. The Kier molecular flexibility index (Phi) is 5.69. The molecule has 0 aliphatic heterocycles. The van der Waals surface area contributed by atoms with Crippen LogP contribution in [0.4, 0.5) is 21.7 Å². The number of nitrogen functional groups attached to an aromatic ring is 1. The molecule has 0 fully saturated rings. The third-order valence-corrected chi connectivity index (χ3v) is 6.06. The molecule has 0 aliphatic rings. The second-order valence-electron chi connectivity index (χ2n) is 7.79. The van der Waals surface area contributed by atoms with Crippen molar-refractivity contribution in [3.63, 3.8) is 0 Å². The fraction of sp³-hybridized carbons (Fsp3) is 0.0800. The van der Waals surface area contributed by atoms with E-state index in [1.807, 2.05) is 58.3 Å². The molecule has 0 spiro atoms. The molecule has 3 aromatic heterocycles. The summed E-state index contributed by atoms with van der Waals surface area (Å²) in [5, 5.41) is 5.22. The van der Waals surface area contributed by atoms with Gasteiger partial charge in [0.2, 0.25) is 5.95 Å². The number of hydrogen-bond donors (Lipinski definition) is 2. The summed E-state index contributed by atoms with van der Waals surface area (Å²) in [7, 11) is 1.90. The van der Waals surface area contributed by atoms with Gasteiger partial charge in [-0.1, -0.05) is 18.7 Å². The van der Waals surface area contributed by atoms with E-state index in [1.165, 1.54) is 23.5 Å². The molecule has 0 radical (unpaired) electrons. The first-order valence-electron chi connectivity index (χ1n) is 10.5. The van der Waals surface area contributed by atoms with Crippen LogP contribution in [0.15, 0.2) is 84.6 Å². The van der Waals surface area contributed by atoms with Gasteiger partial charge >= 0.3 is 0 Å². The highest BCUT2D eigenvalue weighted by molar-refractivity contribution is 7.15. The van der Waals surface area contributed by atoms with Crippen molar-refractivity contribution in [1.82, 2.24) is 19.4 Å². The number of benzene rings is 2. The highest BCUT2D eigenvalue weighted by Crippen LogP contribution is 2.34. The van der Waals surface area contributed by atoms with Gasteiger partial charge in [0.1, 0.15) is 11.5 Å². The first kappa shape index (κ1) is 21.6. The van der Waals surface area contributed by atoms with E-state index in [4.69, 9.17) is 15.7 Å². The summed E-state index contributed by atoms with van der Waals surface area (Å²) in [6.07, 6.45) is 3.68. The number of fused-ring (bicyclic) bond motifs is 1. The van der Waals surface area contributed by atoms with E-state index in [-0.39, 0.29) is 5.82 Å². The van der Waals surface area contributed by atoms with Gasteiger partial charge in [0.15, 0.2) is 4.96 Å². The Bertz CT molecular complexity index is 1470. The monoisotopic (exact) mass is 471 g/mol. The van der Waals surface area contributed by atoms with Crippen LogP contribution in [0.2, 0.25) is 0 Å². The number of anilines is 3. The highest BCUT2D eigenvalue weighted by atomic mass is 32.1. The molecule has 34 heavy (non-hydrogen) atoms. The Morgan fingerprint density at radius 2 is 1.94 bits per heavy atom. The molecule has 0 atom stereocenters. The van der Waals surface area contributed by atoms with E-state index in [9.17, 15) is 4.39 Å². The Morgan fingerprint density at radius 3 is 2.74 bits per heavy atom. The van der Waals surface area contributed by atoms with Crippen molar-refractivity contribution in [1.29, 1.82) is 0 Å². The molecule has 0 amide bonds. The lowest BCUT2D eigenvalue weighted by Gasteiger charge is -2.20. The first-order chi connectivity index (χ1) is 16.5. The molecule has 170 valence electrons. The lowest BCUT2D eigenvalue weighted by molar-refractivity contribution is 0.628. The Hall–Kier alpha value is -4.24. The molecule has 5 aromatic rings. The largest absolute Gasteiger partial charge is 0.397 e. The average molecular weight is 472 g/mol. The van der Waals surface area contributed by atoms with Crippen LogP contribution >= 0.6 is 11.3 Å². The van der Waals surface area contributed by atoms with Crippen molar-refractivity contribution in [2.24, 2.45) is 0 Å². The van der Waals surface area contributed by atoms with Gasteiger partial charge in [0, 0.05) is 36.1 Å². The van der Waals surface area contributed by atoms with Crippen LogP contribution in [-0.4, -0.2) is 32.9 Å². The zero-order chi connectivity index (χ0) is 23.7. The third kappa shape index (κ3) is 4.20. The van der Waals surface area contributed by atoms with E-state index in [1.54, 1.807) is 18.3 Å². The van der Waals surface area contributed by atoms with E-state index in [0.717, 1.165) is 33.3 Å². The van der Waals surface area contributed by atoms with Crippen LogP contribution in [0.5, 0.6) is 0 Å². The van der Waals surface area contributed by atoms with Gasteiger partial charge in [-0.2, -0.15) is 0 Å². The number of thiazole rings is 1. The Balaban J connectivity index is 1.45. The maximum Gasteiger partial charge on any atom is 0.226 e. The predicted octanol–water partition coefficient (Wildman–Crippen LogP) is 5.30. The molecular formula is C25H22FN7S. The minimum absolute atomic E-state index is 0.289. The van der Waals surface area contributed by atoms with Crippen LogP contribution in [0.1, 0.15) is 0 Å². The fourth-order valence-corrected chi connectivity index (χ4v) is 4.42. The average Bonchev–Trinajstić information content (AvgIpc) is 3.42. The number of rotatable bonds is 7. The SMILES string of the molecule is C=C(CN(C)c1nccc(-c2c(-c3ccc(F)cc3)nc3sccn23)n1)Nc1ccccc1N. The van der Waals surface area contributed by atoms with Gasteiger partial charge in [0.25, 0.3) is 0 Å². The summed E-state index contributed by atoms with van der Waals surface area (Å²) in [6, 6.07) is 15.7. The van der Waals surface area contributed by atoms with Crippen molar-refractivity contribution in [3.05, 3.63) is 90.5 Å². The van der Waals surface area contributed by atoms with E-state index in [0.29, 0.717) is 23.9 Å². The smallest absolute Gasteiger partial charge is 0.226 e. The Morgan fingerprint density at radius 1 is 1.15 bits per heavy atom. The molecular weight excluding hydrogens is 449 g/mol. The molecule has 2 aromatic carbocycles. The fourth-order valence-electron chi connectivity index (χ4n) is 3.70. The summed E-state index contributed by atoms with van der Waals surface area (Å²) >= 11 is 1.53. The lowest BCUT2D eigenvalue weighted by Crippen LogP contribution is -2.25. The van der Waals surface area contributed by atoms with Crippen LogP contribution in [0.25, 0.3) is 27.6 Å². The van der Waals surface area contributed by atoms with Crippen molar-refractivity contribution < 1.29 is 4.39 Å². The summed E-state index contributed by atoms with van der Waals surface area (Å²) in [6.45, 7) is 4.59. The topological polar surface area (TPSA) is 84.4 Å². The first-order valence-corrected chi connectivity index (χ1v) is 11.4. The maximum absolute atomic E-state index is 13.5. The molecule has 5 rings (SSSR count). The summed E-state index contributed by atoms with van der Waals surface area (Å²) in [5.41, 5.74) is 11.3.